The maximum absolute atomic E-state index is 5.97. The predicted octanol–water partition coefficient (Wildman–Crippen LogP) is 1.99. The highest BCUT2D eigenvalue weighted by Crippen LogP contribution is 2.49. The van der Waals surface area contributed by atoms with Crippen molar-refractivity contribution in [3.8, 4) is 0 Å². The summed E-state index contributed by atoms with van der Waals surface area (Å²) >= 11 is 0. The quantitative estimate of drug-likeness (QED) is 0.748. The molecule has 2 unspecified atom stereocenters. The number of likely N-dealkylation sites (tertiary alicyclic amines) is 1. The van der Waals surface area contributed by atoms with Crippen LogP contribution >= 0.6 is 0 Å². The average molecular weight is 196 g/mol. The molecule has 0 aromatic carbocycles. The Hall–Kier alpha value is -0.0800. The molecule has 1 aliphatic carbocycles. The van der Waals surface area contributed by atoms with E-state index in [1.54, 1.807) is 0 Å². The largest absolute Gasteiger partial charge is 0.328 e. The van der Waals surface area contributed by atoms with Crippen molar-refractivity contribution in [2.75, 3.05) is 13.1 Å². The van der Waals surface area contributed by atoms with Gasteiger partial charge in [-0.05, 0) is 51.0 Å². The molecule has 2 atom stereocenters. The van der Waals surface area contributed by atoms with Crippen LogP contribution in [0.5, 0.6) is 0 Å². The van der Waals surface area contributed by atoms with Crippen molar-refractivity contribution in [3.63, 3.8) is 0 Å². The molecule has 1 saturated carbocycles. The summed E-state index contributed by atoms with van der Waals surface area (Å²) in [6, 6.07) is 1.17. The van der Waals surface area contributed by atoms with Gasteiger partial charge in [0.15, 0.2) is 0 Å². The van der Waals surface area contributed by atoms with Gasteiger partial charge in [-0.25, -0.2) is 0 Å². The standard InChI is InChI=1S/C12H24N2/c1-3-12(5-6-12)9-14-7-4-11(13)8-10(14)2/h10-11H,3-9,13H2,1-2H3. The van der Waals surface area contributed by atoms with Crippen molar-refractivity contribution in [3.05, 3.63) is 0 Å². The summed E-state index contributed by atoms with van der Waals surface area (Å²) in [4.78, 5) is 2.67. The molecule has 2 aliphatic rings. The van der Waals surface area contributed by atoms with E-state index in [0.717, 1.165) is 0 Å². The van der Waals surface area contributed by atoms with Crippen molar-refractivity contribution < 1.29 is 0 Å². The summed E-state index contributed by atoms with van der Waals surface area (Å²) in [5.74, 6) is 0. The maximum atomic E-state index is 5.97. The third-order valence-corrected chi connectivity index (χ3v) is 4.30. The van der Waals surface area contributed by atoms with E-state index in [1.807, 2.05) is 0 Å². The zero-order chi connectivity index (χ0) is 10.2. The number of rotatable bonds is 3. The van der Waals surface area contributed by atoms with Crippen LogP contribution in [-0.4, -0.2) is 30.1 Å². The lowest BCUT2D eigenvalue weighted by Crippen LogP contribution is -2.47. The van der Waals surface area contributed by atoms with Crippen molar-refractivity contribution in [2.45, 2.75) is 58.0 Å². The van der Waals surface area contributed by atoms with Crippen LogP contribution in [0.2, 0.25) is 0 Å². The van der Waals surface area contributed by atoms with Gasteiger partial charge in [0.25, 0.3) is 0 Å². The fraction of sp³-hybridized carbons (Fsp3) is 1.00. The Morgan fingerprint density at radius 3 is 2.64 bits per heavy atom. The number of nitrogens with zero attached hydrogens (tertiary/aromatic N) is 1. The summed E-state index contributed by atoms with van der Waals surface area (Å²) in [6.45, 7) is 7.24. The zero-order valence-corrected chi connectivity index (χ0v) is 9.63. The van der Waals surface area contributed by atoms with Gasteiger partial charge in [0.1, 0.15) is 0 Å². The van der Waals surface area contributed by atoms with Crippen LogP contribution < -0.4 is 5.73 Å². The van der Waals surface area contributed by atoms with Gasteiger partial charge >= 0.3 is 0 Å². The molecular formula is C12H24N2. The third kappa shape index (κ3) is 2.12. The molecule has 1 heterocycles. The fourth-order valence-corrected chi connectivity index (χ4v) is 2.72. The van der Waals surface area contributed by atoms with E-state index in [4.69, 9.17) is 5.73 Å². The van der Waals surface area contributed by atoms with E-state index in [9.17, 15) is 0 Å². The topological polar surface area (TPSA) is 29.3 Å². The van der Waals surface area contributed by atoms with Crippen LogP contribution in [0.3, 0.4) is 0 Å². The van der Waals surface area contributed by atoms with Crippen molar-refractivity contribution in [1.82, 2.24) is 4.90 Å². The van der Waals surface area contributed by atoms with E-state index in [2.05, 4.69) is 18.7 Å². The number of piperidine rings is 1. The fourth-order valence-electron chi connectivity index (χ4n) is 2.72. The Kier molecular flexibility index (Phi) is 2.85. The van der Waals surface area contributed by atoms with E-state index >= 15 is 0 Å². The maximum Gasteiger partial charge on any atom is 0.00819 e. The SMILES string of the molecule is CCC1(CN2CCC(N)CC2C)CC1. The molecule has 2 fully saturated rings. The van der Waals surface area contributed by atoms with Gasteiger partial charge in [-0.1, -0.05) is 6.92 Å². The highest BCUT2D eigenvalue weighted by molar-refractivity contribution is 4.96. The molecule has 0 aromatic rings. The Morgan fingerprint density at radius 1 is 1.43 bits per heavy atom. The minimum atomic E-state index is 0.457. The normalized spacial score (nSPS) is 37.1. The molecule has 82 valence electrons. The second-order valence-corrected chi connectivity index (χ2v) is 5.46. The van der Waals surface area contributed by atoms with E-state index < -0.39 is 0 Å². The lowest BCUT2D eigenvalue weighted by molar-refractivity contribution is 0.117. The van der Waals surface area contributed by atoms with Crippen LogP contribution in [0.15, 0.2) is 0 Å². The van der Waals surface area contributed by atoms with Crippen molar-refractivity contribution >= 4 is 0 Å². The Bertz CT molecular complexity index is 198. The molecular weight excluding hydrogens is 172 g/mol. The van der Waals surface area contributed by atoms with Gasteiger partial charge in [0.2, 0.25) is 0 Å². The second-order valence-electron chi connectivity index (χ2n) is 5.46. The Labute approximate surface area is 87.8 Å². The van der Waals surface area contributed by atoms with Gasteiger partial charge in [-0.3, -0.25) is 4.90 Å². The summed E-state index contributed by atoms with van der Waals surface area (Å²) in [5.41, 5.74) is 6.68. The Balaban J connectivity index is 1.86. The molecule has 0 spiro atoms. The van der Waals surface area contributed by atoms with Gasteiger partial charge in [-0.15, -0.1) is 0 Å². The van der Waals surface area contributed by atoms with E-state index in [0.29, 0.717) is 17.5 Å². The first-order chi connectivity index (χ1) is 6.65. The molecule has 1 saturated heterocycles. The molecule has 0 radical (unpaired) electrons. The lowest BCUT2D eigenvalue weighted by Gasteiger charge is -2.38. The minimum absolute atomic E-state index is 0.457. The monoisotopic (exact) mass is 196 g/mol. The van der Waals surface area contributed by atoms with Crippen molar-refractivity contribution in [2.24, 2.45) is 11.1 Å². The summed E-state index contributed by atoms with van der Waals surface area (Å²) in [5, 5.41) is 0. The molecule has 0 bridgehead atoms. The average Bonchev–Trinajstić information content (AvgIpc) is 2.91. The highest BCUT2D eigenvalue weighted by atomic mass is 15.2. The van der Waals surface area contributed by atoms with Gasteiger partial charge in [0.05, 0.1) is 0 Å². The number of hydrogen-bond donors (Lipinski definition) is 1. The molecule has 1 aliphatic heterocycles. The first kappa shape index (κ1) is 10.4. The first-order valence-electron chi connectivity index (χ1n) is 6.15. The zero-order valence-electron chi connectivity index (χ0n) is 9.63. The molecule has 2 N–H and O–H groups in total. The second kappa shape index (κ2) is 3.82. The molecule has 2 nitrogen and oxygen atoms in total. The summed E-state index contributed by atoms with van der Waals surface area (Å²) in [6.07, 6.45) is 6.67. The predicted molar refractivity (Wildman–Crippen MR) is 60.2 cm³/mol. The lowest BCUT2D eigenvalue weighted by atomic mass is 9.95. The summed E-state index contributed by atoms with van der Waals surface area (Å²) < 4.78 is 0. The minimum Gasteiger partial charge on any atom is -0.328 e. The number of nitrogens with two attached hydrogens (primary N) is 1. The molecule has 2 heteroatoms. The molecule has 14 heavy (non-hydrogen) atoms. The molecule has 0 amide bonds. The van der Waals surface area contributed by atoms with Gasteiger partial charge in [0, 0.05) is 18.6 Å². The smallest absolute Gasteiger partial charge is 0.00819 e. The van der Waals surface area contributed by atoms with Crippen LogP contribution in [0.4, 0.5) is 0 Å². The van der Waals surface area contributed by atoms with Gasteiger partial charge < -0.3 is 5.73 Å². The highest BCUT2D eigenvalue weighted by Gasteiger charge is 2.43. The van der Waals surface area contributed by atoms with E-state index in [1.165, 1.54) is 45.2 Å². The molecule has 2 rings (SSSR count). The van der Waals surface area contributed by atoms with E-state index in [-0.39, 0.29) is 0 Å². The van der Waals surface area contributed by atoms with Crippen LogP contribution in [0.1, 0.15) is 46.0 Å². The van der Waals surface area contributed by atoms with Crippen LogP contribution in [0, 0.1) is 5.41 Å². The summed E-state index contributed by atoms with van der Waals surface area (Å²) in [7, 11) is 0. The Morgan fingerprint density at radius 2 is 2.14 bits per heavy atom. The van der Waals surface area contributed by atoms with Crippen LogP contribution in [-0.2, 0) is 0 Å². The molecule has 0 aromatic heterocycles. The van der Waals surface area contributed by atoms with Gasteiger partial charge in [-0.2, -0.15) is 0 Å². The number of hydrogen-bond acceptors (Lipinski definition) is 2. The van der Waals surface area contributed by atoms with Crippen molar-refractivity contribution in [1.29, 1.82) is 0 Å². The van der Waals surface area contributed by atoms with Crippen LogP contribution in [0.25, 0.3) is 0 Å². The first-order valence-corrected chi connectivity index (χ1v) is 6.15. The third-order valence-electron chi connectivity index (χ3n) is 4.30.